The minimum Gasteiger partial charge on any atom is -0.339 e. The van der Waals surface area contributed by atoms with Gasteiger partial charge in [-0.15, -0.1) is 0 Å². The first kappa shape index (κ1) is 21.3. The van der Waals surface area contributed by atoms with Gasteiger partial charge in [0.25, 0.3) is 5.91 Å². The summed E-state index contributed by atoms with van der Waals surface area (Å²) in [5, 5.41) is 0. The Kier molecular flexibility index (Phi) is 6.16. The molecule has 164 valence electrons. The number of piperidine rings is 1. The largest absolute Gasteiger partial charge is 0.339 e. The van der Waals surface area contributed by atoms with Crippen molar-refractivity contribution < 1.29 is 18.0 Å². The summed E-state index contributed by atoms with van der Waals surface area (Å²) in [5.41, 5.74) is 1.06. The molecule has 8 heteroatoms. The molecule has 3 aliphatic rings. The normalized spacial score (nSPS) is 21.4. The van der Waals surface area contributed by atoms with Gasteiger partial charge in [-0.05, 0) is 50.3 Å². The van der Waals surface area contributed by atoms with E-state index in [-0.39, 0.29) is 22.6 Å². The van der Waals surface area contributed by atoms with Crippen molar-refractivity contribution in [1.29, 1.82) is 0 Å². The number of nitrogens with zero attached hydrogens (tertiary/aromatic N) is 3. The van der Waals surface area contributed by atoms with Crippen LogP contribution in [-0.4, -0.2) is 73.6 Å². The number of benzene rings is 1. The third-order valence-electron chi connectivity index (χ3n) is 6.70. The minimum absolute atomic E-state index is 0.166. The molecule has 0 N–H and O–H groups in total. The maximum absolute atomic E-state index is 13.1. The lowest BCUT2D eigenvalue weighted by Gasteiger charge is -2.38. The van der Waals surface area contributed by atoms with Gasteiger partial charge in [-0.1, -0.05) is 18.9 Å². The highest BCUT2D eigenvalue weighted by atomic mass is 32.2. The predicted molar refractivity (Wildman–Crippen MR) is 114 cm³/mol. The Hall–Kier alpha value is -1.93. The Bertz CT molecular complexity index is 912. The summed E-state index contributed by atoms with van der Waals surface area (Å²) in [6.07, 6.45) is 5.90. The van der Waals surface area contributed by atoms with Crippen LogP contribution in [-0.2, 0) is 14.8 Å². The van der Waals surface area contributed by atoms with Gasteiger partial charge in [0.05, 0.1) is 4.90 Å². The zero-order valence-electron chi connectivity index (χ0n) is 17.7. The molecule has 3 fully saturated rings. The SMILES string of the molecule is Cc1ccc(C(=O)N2CCN(C(=O)C3CCC3)CC2)cc1S(=O)(=O)N1CCCCC1. The first-order chi connectivity index (χ1) is 14.4. The van der Waals surface area contributed by atoms with Gasteiger partial charge in [0.1, 0.15) is 0 Å². The number of carbonyl (C=O) groups excluding carboxylic acids is 2. The molecule has 2 amide bonds. The number of piperazine rings is 1. The lowest BCUT2D eigenvalue weighted by atomic mass is 9.84. The van der Waals surface area contributed by atoms with Gasteiger partial charge in [0.15, 0.2) is 0 Å². The average Bonchev–Trinajstić information content (AvgIpc) is 2.73. The summed E-state index contributed by atoms with van der Waals surface area (Å²) < 4.78 is 27.8. The van der Waals surface area contributed by atoms with E-state index in [0.29, 0.717) is 50.4 Å². The van der Waals surface area contributed by atoms with Gasteiger partial charge < -0.3 is 9.80 Å². The quantitative estimate of drug-likeness (QED) is 0.730. The van der Waals surface area contributed by atoms with Gasteiger partial charge in [0, 0.05) is 50.7 Å². The second kappa shape index (κ2) is 8.67. The third-order valence-corrected chi connectivity index (χ3v) is 8.74. The van der Waals surface area contributed by atoms with Gasteiger partial charge in [-0.25, -0.2) is 8.42 Å². The fourth-order valence-electron chi connectivity index (χ4n) is 4.48. The Labute approximate surface area is 179 Å². The van der Waals surface area contributed by atoms with E-state index in [9.17, 15) is 18.0 Å². The molecule has 0 unspecified atom stereocenters. The van der Waals surface area contributed by atoms with Crippen LogP contribution in [0.25, 0.3) is 0 Å². The van der Waals surface area contributed by atoms with E-state index >= 15 is 0 Å². The summed E-state index contributed by atoms with van der Waals surface area (Å²) in [4.78, 5) is 29.3. The molecule has 1 aromatic rings. The predicted octanol–water partition coefficient (Wildman–Crippen LogP) is 2.25. The van der Waals surface area contributed by atoms with E-state index < -0.39 is 10.0 Å². The van der Waals surface area contributed by atoms with Crippen LogP contribution in [0, 0.1) is 12.8 Å². The molecule has 1 aliphatic carbocycles. The lowest BCUT2D eigenvalue weighted by Crippen LogP contribution is -2.52. The van der Waals surface area contributed by atoms with Crippen LogP contribution >= 0.6 is 0 Å². The van der Waals surface area contributed by atoms with E-state index in [1.54, 1.807) is 24.0 Å². The van der Waals surface area contributed by atoms with E-state index in [1.165, 1.54) is 10.4 Å². The Balaban J connectivity index is 1.46. The number of carbonyl (C=O) groups is 2. The van der Waals surface area contributed by atoms with Crippen LogP contribution < -0.4 is 0 Å². The standard InChI is InChI=1S/C22H31N3O4S/c1-17-8-9-19(16-20(17)30(28,29)25-10-3-2-4-11-25)22(27)24-14-12-23(13-15-24)21(26)18-6-5-7-18/h8-9,16,18H,2-7,10-15H2,1H3. The Morgan fingerprint density at radius 1 is 0.867 bits per heavy atom. The first-order valence-corrected chi connectivity index (χ1v) is 12.5. The average molecular weight is 434 g/mol. The topological polar surface area (TPSA) is 78.0 Å². The number of aryl methyl sites for hydroxylation is 1. The Morgan fingerprint density at radius 3 is 2.10 bits per heavy atom. The van der Waals surface area contributed by atoms with Gasteiger partial charge in [-0.2, -0.15) is 4.31 Å². The van der Waals surface area contributed by atoms with Crippen molar-refractivity contribution in [3.8, 4) is 0 Å². The van der Waals surface area contributed by atoms with Crippen molar-refractivity contribution in [2.75, 3.05) is 39.3 Å². The number of rotatable bonds is 4. The van der Waals surface area contributed by atoms with Crippen molar-refractivity contribution in [2.24, 2.45) is 5.92 Å². The van der Waals surface area contributed by atoms with Gasteiger partial charge in [0.2, 0.25) is 15.9 Å². The molecule has 7 nitrogen and oxygen atoms in total. The molecular formula is C22H31N3O4S. The molecular weight excluding hydrogens is 402 g/mol. The molecule has 0 atom stereocenters. The van der Waals surface area contributed by atoms with Crippen molar-refractivity contribution >= 4 is 21.8 Å². The highest BCUT2D eigenvalue weighted by Crippen LogP contribution is 2.29. The minimum atomic E-state index is -3.60. The van der Waals surface area contributed by atoms with E-state index in [0.717, 1.165) is 38.5 Å². The van der Waals surface area contributed by atoms with Crippen LogP contribution in [0.2, 0.25) is 0 Å². The van der Waals surface area contributed by atoms with Crippen molar-refractivity contribution in [2.45, 2.75) is 50.3 Å². The second-order valence-corrected chi connectivity index (χ2v) is 10.6. The summed E-state index contributed by atoms with van der Waals surface area (Å²) >= 11 is 0. The lowest BCUT2D eigenvalue weighted by molar-refractivity contribution is -0.139. The number of amides is 2. The molecule has 2 heterocycles. The highest BCUT2D eigenvalue weighted by Gasteiger charge is 2.33. The maximum atomic E-state index is 13.1. The van der Waals surface area contributed by atoms with Crippen molar-refractivity contribution in [3.63, 3.8) is 0 Å². The van der Waals surface area contributed by atoms with E-state index in [4.69, 9.17) is 0 Å². The van der Waals surface area contributed by atoms with E-state index in [2.05, 4.69) is 0 Å². The molecule has 1 aromatic carbocycles. The summed E-state index contributed by atoms with van der Waals surface area (Å²) in [5.74, 6) is 0.228. The molecule has 0 spiro atoms. The van der Waals surface area contributed by atoms with Crippen LogP contribution in [0.3, 0.4) is 0 Å². The van der Waals surface area contributed by atoms with Crippen LogP contribution in [0.4, 0.5) is 0 Å². The van der Waals surface area contributed by atoms with Crippen molar-refractivity contribution in [3.05, 3.63) is 29.3 Å². The number of sulfonamides is 1. The van der Waals surface area contributed by atoms with E-state index in [1.807, 2.05) is 4.90 Å². The molecule has 2 aliphatic heterocycles. The monoisotopic (exact) mass is 433 g/mol. The molecule has 0 radical (unpaired) electrons. The third kappa shape index (κ3) is 4.12. The van der Waals surface area contributed by atoms with Crippen molar-refractivity contribution in [1.82, 2.24) is 14.1 Å². The van der Waals surface area contributed by atoms with Gasteiger partial charge in [-0.3, -0.25) is 9.59 Å². The fraction of sp³-hybridized carbons (Fsp3) is 0.636. The van der Waals surface area contributed by atoms with Crippen LogP contribution in [0.15, 0.2) is 23.1 Å². The number of hydrogen-bond donors (Lipinski definition) is 0. The zero-order valence-corrected chi connectivity index (χ0v) is 18.5. The van der Waals surface area contributed by atoms with Gasteiger partial charge >= 0.3 is 0 Å². The molecule has 1 saturated carbocycles. The summed E-state index contributed by atoms with van der Waals surface area (Å²) in [6, 6.07) is 4.96. The zero-order chi connectivity index (χ0) is 21.3. The molecule has 30 heavy (non-hydrogen) atoms. The summed E-state index contributed by atoms with van der Waals surface area (Å²) in [6.45, 7) is 4.92. The maximum Gasteiger partial charge on any atom is 0.254 e. The first-order valence-electron chi connectivity index (χ1n) is 11.1. The van der Waals surface area contributed by atoms with Crippen LogP contribution in [0.1, 0.15) is 54.4 Å². The molecule has 0 bridgehead atoms. The molecule has 0 aromatic heterocycles. The second-order valence-electron chi connectivity index (χ2n) is 8.69. The summed E-state index contributed by atoms with van der Waals surface area (Å²) in [7, 11) is -3.60. The van der Waals surface area contributed by atoms with Crippen LogP contribution in [0.5, 0.6) is 0 Å². The smallest absolute Gasteiger partial charge is 0.254 e. The highest BCUT2D eigenvalue weighted by molar-refractivity contribution is 7.89. The Morgan fingerprint density at radius 2 is 1.50 bits per heavy atom. The fourth-order valence-corrected chi connectivity index (χ4v) is 6.25. The molecule has 4 rings (SSSR count). The number of hydrogen-bond acceptors (Lipinski definition) is 4. The molecule has 2 saturated heterocycles.